The first-order valence-electron chi connectivity index (χ1n) is 5.35. The molecule has 0 bridgehead atoms. The van der Waals surface area contributed by atoms with Crippen molar-refractivity contribution in [1.82, 2.24) is 9.38 Å². The average molecular weight is 306 g/mol. The Morgan fingerprint density at radius 3 is 2.78 bits per heavy atom. The largest absolute Gasteiger partial charge is 0.383 e. The van der Waals surface area contributed by atoms with E-state index in [2.05, 4.69) is 20.9 Å². The van der Waals surface area contributed by atoms with Crippen LogP contribution < -0.4 is 5.73 Å². The molecule has 0 radical (unpaired) electrons. The summed E-state index contributed by atoms with van der Waals surface area (Å²) >= 11 is 3.23. The Morgan fingerprint density at radius 1 is 1.22 bits per heavy atom. The molecule has 0 fully saturated rings. The quantitative estimate of drug-likeness (QED) is 0.748. The number of nitrogen functional groups attached to an aromatic ring is 1. The minimum Gasteiger partial charge on any atom is -0.383 e. The van der Waals surface area contributed by atoms with Gasteiger partial charge in [-0.05, 0) is 30.3 Å². The average Bonchev–Trinajstić information content (AvgIpc) is 2.68. The van der Waals surface area contributed by atoms with Gasteiger partial charge in [0.2, 0.25) is 0 Å². The fourth-order valence-corrected chi connectivity index (χ4v) is 2.23. The second-order valence-corrected chi connectivity index (χ2v) is 4.81. The van der Waals surface area contributed by atoms with Crippen molar-refractivity contribution in [2.24, 2.45) is 0 Å². The lowest BCUT2D eigenvalue weighted by Crippen LogP contribution is -1.94. The lowest BCUT2D eigenvalue weighted by atomic mass is 10.1. The summed E-state index contributed by atoms with van der Waals surface area (Å²) in [4.78, 5) is 4.36. The van der Waals surface area contributed by atoms with Gasteiger partial charge in [0.05, 0.1) is 0 Å². The molecule has 90 valence electrons. The molecule has 0 saturated carbocycles. The molecule has 0 spiro atoms. The smallest absolute Gasteiger partial charge is 0.139 e. The molecule has 3 rings (SSSR count). The van der Waals surface area contributed by atoms with Crippen LogP contribution in [-0.2, 0) is 0 Å². The first-order valence-corrected chi connectivity index (χ1v) is 6.14. The van der Waals surface area contributed by atoms with Crippen molar-refractivity contribution in [3.8, 4) is 11.3 Å². The van der Waals surface area contributed by atoms with Crippen molar-refractivity contribution in [1.29, 1.82) is 0 Å². The van der Waals surface area contributed by atoms with Gasteiger partial charge in [-0.1, -0.05) is 22.0 Å². The molecule has 0 amide bonds. The third-order valence-corrected chi connectivity index (χ3v) is 3.25. The van der Waals surface area contributed by atoms with E-state index in [4.69, 9.17) is 5.73 Å². The Labute approximate surface area is 111 Å². The van der Waals surface area contributed by atoms with Crippen molar-refractivity contribution in [2.75, 3.05) is 5.73 Å². The summed E-state index contributed by atoms with van der Waals surface area (Å²) in [6.45, 7) is 0. The van der Waals surface area contributed by atoms with Gasteiger partial charge in [0.1, 0.15) is 23.0 Å². The maximum atomic E-state index is 13.9. The highest BCUT2D eigenvalue weighted by Gasteiger charge is 2.14. The highest BCUT2D eigenvalue weighted by molar-refractivity contribution is 9.10. The predicted octanol–water partition coefficient (Wildman–Crippen LogP) is 3.49. The van der Waals surface area contributed by atoms with Gasteiger partial charge < -0.3 is 5.73 Å². The molecule has 0 aliphatic heterocycles. The van der Waals surface area contributed by atoms with Crippen molar-refractivity contribution in [3.05, 3.63) is 52.9 Å². The summed E-state index contributed by atoms with van der Waals surface area (Å²) < 4.78 is 16.3. The van der Waals surface area contributed by atoms with Crippen LogP contribution in [0.4, 0.5) is 10.2 Å². The van der Waals surface area contributed by atoms with Crippen LogP contribution in [0, 0.1) is 5.82 Å². The number of rotatable bonds is 1. The third-order valence-electron chi connectivity index (χ3n) is 2.75. The summed E-state index contributed by atoms with van der Waals surface area (Å²) in [7, 11) is 0. The highest BCUT2D eigenvalue weighted by atomic mass is 79.9. The predicted molar refractivity (Wildman–Crippen MR) is 72.7 cm³/mol. The van der Waals surface area contributed by atoms with Crippen molar-refractivity contribution < 1.29 is 4.39 Å². The summed E-state index contributed by atoms with van der Waals surface area (Å²) in [5, 5.41) is 0. The number of hydrogen-bond donors (Lipinski definition) is 1. The van der Waals surface area contributed by atoms with E-state index in [1.54, 1.807) is 22.7 Å². The fraction of sp³-hybridized carbons (Fsp3) is 0. The van der Waals surface area contributed by atoms with Crippen molar-refractivity contribution in [3.63, 3.8) is 0 Å². The van der Waals surface area contributed by atoms with Crippen LogP contribution in [0.2, 0.25) is 0 Å². The molecule has 1 aromatic carbocycles. The second-order valence-electron chi connectivity index (χ2n) is 3.90. The molecule has 2 N–H and O–H groups in total. The molecule has 0 atom stereocenters. The molecule has 0 aliphatic carbocycles. The normalized spacial score (nSPS) is 11.0. The minimum atomic E-state index is -0.348. The van der Waals surface area contributed by atoms with Crippen LogP contribution in [-0.4, -0.2) is 9.38 Å². The SMILES string of the molecule is Nc1c(-c2ccc(Br)cc2F)nc2ccccn12. The summed E-state index contributed by atoms with van der Waals surface area (Å²) in [5.74, 6) is 0.0892. The van der Waals surface area contributed by atoms with E-state index < -0.39 is 0 Å². The summed E-state index contributed by atoms with van der Waals surface area (Å²) in [5.41, 5.74) is 7.57. The zero-order valence-corrected chi connectivity index (χ0v) is 10.9. The van der Waals surface area contributed by atoms with Crippen molar-refractivity contribution >= 4 is 27.4 Å². The Kier molecular flexibility index (Phi) is 2.56. The van der Waals surface area contributed by atoms with E-state index in [-0.39, 0.29) is 5.82 Å². The summed E-state index contributed by atoms with van der Waals surface area (Å²) in [6, 6.07) is 10.4. The standard InChI is InChI=1S/C13H9BrFN3/c14-8-4-5-9(10(15)7-8)12-13(16)18-6-2-1-3-11(18)17-12/h1-7H,16H2. The van der Waals surface area contributed by atoms with Gasteiger partial charge >= 0.3 is 0 Å². The van der Waals surface area contributed by atoms with E-state index >= 15 is 0 Å². The van der Waals surface area contributed by atoms with Crippen molar-refractivity contribution in [2.45, 2.75) is 0 Å². The van der Waals surface area contributed by atoms with Gasteiger partial charge in [-0.15, -0.1) is 0 Å². The number of hydrogen-bond acceptors (Lipinski definition) is 2. The van der Waals surface area contributed by atoms with E-state index in [0.29, 0.717) is 27.2 Å². The van der Waals surface area contributed by atoms with Gasteiger partial charge in [0.25, 0.3) is 0 Å². The van der Waals surface area contributed by atoms with Crippen LogP contribution in [0.25, 0.3) is 16.9 Å². The molecule has 18 heavy (non-hydrogen) atoms. The maximum absolute atomic E-state index is 13.9. The molecule has 3 aromatic rings. The Bertz CT molecular complexity index is 736. The number of pyridine rings is 1. The van der Waals surface area contributed by atoms with Gasteiger partial charge in [-0.25, -0.2) is 9.37 Å². The van der Waals surface area contributed by atoms with Gasteiger partial charge in [-0.3, -0.25) is 4.40 Å². The number of nitrogens with zero attached hydrogens (tertiary/aromatic N) is 2. The third kappa shape index (κ3) is 1.67. The monoisotopic (exact) mass is 305 g/mol. The topological polar surface area (TPSA) is 43.3 Å². The van der Waals surface area contributed by atoms with Gasteiger partial charge in [-0.2, -0.15) is 0 Å². The second kappa shape index (κ2) is 4.10. The molecule has 0 aliphatic rings. The number of aromatic nitrogens is 2. The lowest BCUT2D eigenvalue weighted by molar-refractivity contribution is 0.630. The number of benzene rings is 1. The van der Waals surface area contributed by atoms with E-state index in [1.807, 2.05) is 18.2 Å². The first-order chi connectivity index (χ1) is 8.66. The number of fused-ring (bicyclic) bond motifs is 1. The van der Waals surface area contributed by atoms with Crippen LogP contribution >= 0.6 is 15.9 Å². The Hall–Kier alpha value is -1.88. The van der Waals surface area contributed by atoms with Gasteiger partial charge in [0, 0.05) is 16.2 Å². The van der Waals surface area contributed by atoms with Crippen LogP contribution in [0.1, 0.15) is 0 Å². The zero-order chi connectivity index (χ0) is 12.7. The maximum Gasteiger partial charge on any atom is 0.139 e. The highest BCUT2D eigenvalue weighted by Crippen LogP contribution is 2.29. The first kappa shape index (κ1) is 11.2. The molecule has 2 heterocycles. The van der Waals surface area contributed by atoms with Gasteiger partial charge in [0.15, 0.2) is 0 Å². The minimum absolute atomic E-state index is 0.348. The molecule has 0 unspecified atom stereocenters. The van der Waals surface area contributed by atoms with E-state index in [0.717, 1.165) is 0 Å². The zero-order valence-electron chi connectivity index (χ0n) is 9.27. The molecule has 3 nitrogen and oxygen atoms in total. The van der Waals surface area contributed by atoms with Crippen LogP contribution in [0.3, 0.4) is 0 Å². The Morgan fingerprint density at radius 2 is 2.06 bits per heavy atom. The van der Waals surface area contributed by atoms with E-state index in [9.17, 15) is 4.39 Å². The van der Waals surface area contributed by atoms with Crippen LogP contribution in [0.15, 0.2) is 47.1 Å². The number of halogens is 2. The number of nitrogens with two attached hydrogens (primary N) is 1. The fourth-order valence-electron chi connectivity index (χ4n) is 1.89. The molecule has 0 saturated heterocycles. The molecule has 2 aromatic heterocycles. The molecular formula is C13H9BrFN3. The summed E-state index contributed by atoms with van der Waals surface area (Å²) in [6.07, 6.45) is 1.80. The van der Waals surface area contributed by atoms with E-state index in [1.165, 1.54) is 6.07 Å². The number of imidazole rings is 1. The van der Waals surface area contributed by atoms with Crippen LogP contribution in [0.5, 0.6) is 0 Å². The number of anilines is 1. The Balaban J connectivity index is 2.28. The molecular weight excluding hydrogens is 297 g/mol. The lowest BCUT2D eigenvalue weighted by Gasteiger charge is -2.01. The molecule has 5 heteroatoms.